The number of carbonyl (C=O) groups is 12. The number of piperidine rings is 4. The number of imide groups is 4. The van der Waals surface area contributed by atoms with Gasteiger partial charge in [-0.2, -0.15) is 0 Å². The molecule has 23 nitrogen and oxygen atoms in total. The molecule has 8 unspecified atom stereocenters. The van der Waals surface area contributed by atoms with Crippen molar-refractivity contribution in [3.63, 3.8) is 0 Å². The topological polar surface area (TPSA) is 324 Å². The van der Waals surface area contributed by atoms with Crippen LogP contribution in [-0.4, -0.2) is 85.0 Å². The minimum atomic E-state index is -1.08. The molecule has 3 aromatic heterocycles. The average molecular weight is 1690 g/mol. The van der Waals surface area contributed by atoms with Crippen molar-refractivity contribution in [2.45, 2.75) is 314 Å². The predicted octanol–water partition coefficient (Wildman–Crippen LogP) is 19.8. The SMILES string of the molecule is CCCC12CC(CCC)(CC(CCC)(C(=O)Nc3ccc4c(c3)c3cc(NC(=O)C5(CCC)CC6(CCC)CC(CCC)(C5)C(=O)NC6=O)ccc3n4-c3cccc(-n4c5ccc(NC(=O)C6(CCC)CC7(CCC)CC(CCC)(C6)C(=O)NC7=O)cc5c5cc(NC(=O)C6(CCC)CC7(CCC)CC(CCC)(C6)C(=O)NC7=O)ccc54)n3)C1)C(=O)NC2=O. The van der Waals surface area contributed by atoms with E-state index in [-0.39, 0.29) is 70.9 Å². The minimum Gasteiger partial charge on any atom is -0.326 e. The average Bonchev–Trinajstić information content (AvgIpc) is 1.12. The second-order valence-electron chi connectivity index (χ2n) is 40.4. The van der Waals surface area contributed by atoms with E-state index in [0.29, 0.717) is 309 Å². The van der Waals surface area contributed by atoms with E-state index in [2.05, 4.69) is 51.7 Å². The molecule has 124 heavy (non-hydrogen) atoms. The summed E-state index contributed by atoms with van der Waals surface area (Å²) in [6.45, 7) is 24.5. The van der Waals surface area contributed by atoms with Crippen LogP contribution in [0.1, 0.15) is 314 Å². The molecule has 8 aliphatic rings. The molecule has 4 aliphatic heterocycles. The zero-order valence-electron chi connectivity index (χ0n) is 75.4. The standard InChI is InChI=1S/C101H131N11O12/c1-13-36-90(52-94(40-17-5)60-95(53-90,41-18-6)83(118)107-82(94)117)78(113)102-64-28-32-72-68(48-64)69-49-65(103-79(114)91(37-14-2)54-96(42-19-7)61-97(55-91,43-20-8)85(120)108-84(96)119)29-33-73(69)111(72)76-26-25-27-77(106-76)112-74-34-30-66(104-80(115)92(38-15-3)56-98(44-21-9)62-99(57-92,45-22-10)87(122)109-86(98)121)50-70(74)71-51-67(31-35-75(71)112)105-81(116)93(39-16-4)58-100(46-23-11)63-101(59-93,47-24-12)89(124)110-88(100)123/h25-35,48-51H,13-24,36-47,52-63H2,1-12H3,(H,102,113)(H,103,114)(H,104,115)(H,105,116)(H,107,117,118)(H,108,119,120)(H,109,121,122)(H,110,123,124). The lowest BCUT2D eigenvalue weighted by atomic mass is 9.47. The molecule has 662 valence electrons. The van der Waals surface area contributed by atoms with Gasteiger partial charge in [0.15, 0.2) is 0 Å². The van der Waals surface area contributed by atoms with E-state index < -0.39 is 65.0 Å². The molecular weight excluding hydrogens is 1560 g/mol. The van der Waals surface area contributed by atoms with Crippen LogP contribution in [0.15, 0.2) is 91.0 Å². The number of hydrogen-bond donors (Lipinski definition) is 8. The summed E-state index contributed by atoms with van der Waals surface area (Å²) in [6, 6.07) is 28.9. The van der Waals surface area contributed by atoms with Crippen LogP contribution in [0.25, 0.3) is 55.2 Å². The highest BCUT2D eigenvalue weighted by molar-refractivity contribution is 6.16. The van der Waals surface area contributed by atoms with E-state index in [1.807, 2.05) is 174 Å². The number of anilines is 4. The third-order valence-electron chi connectivity index (χ3n) is 31.3. The first-order valence-corrected chi connectivity index (χ1v) is 47.1. The number of aromatic nitrogens is 3. The molecule has 7 aromatic rings. The van der Waals surface area contributed by atoms with E-state index in [9.17, 15) is 38.4 Å². The zero-order chi connectivity index (χ0) is 88.6. The van der Waals surface area contributed by atoms with Crippen molar-refractivity contribution in [2.75, 3.05) is 21.3 Å². The smallest absolute Gasteiger partial charge is 0.232 e. The summed E-state index contributed by atoms with van der Waals surface area (Å²) in [5, 5.41) is 27.5. The van der Waals surface area contributed by atoms with Gasteiger partial charge in [-0.3, -0.25) is 87.9 Å². The van der Waals surface area contributed by atoms with Crippen LogP contribution < -0.4 is 42.5 Å². The van der Waals surface area contributed by atoms with Gasteiger partial charge in [-0.25, -0.2) is 4.98 Å². The number of amides is 12. The lowest BCUT2D eigenvalue weighted by molar-refractivity contribution is -0.171. The van der Waals surface area contributed by atoms with Crippen LogP contribution in [0.4, 0.5) is 22.7 Å². The van der Waals surface area contributed by atoms with Gasteiger partial charge in [0.1, 0.15) is 11.6 Å². The summed E-state index contributed by atoms with van der Waals surface area (Å²) < 4.78 is 4.11. The maximum atomic E-state index is 15.8. The first-order chi connectivity index (χ1) is 59.3. The lowest BCUT2D eigenvalue weighted by Crippen LogP contribution is -2.65. The number of rotatable bonds is 34. The third kappa shape index (κ3) is 14.6. The highest BCUT2D eigenvalue weighted by Gasteiger charge is 2.69. The lowest BCUT2D eigenvalue weighted by Gasteiger charge is -2.57. The number of nitrogens with zero attached hydrogens (tertiary/aromatic N) is 3. The molecule has 8 fully saturated rings. The van der Waals surface area contributed by atoms with Gasteiger partial charge in [0.05, 0.1) is 87.0 Å². The van der Waals surface area contributed by atoms with Crippen LogP contribution >= 0.6 is 0 Å². The van der Waals surface area contributed by atoms with Gasteiger partial charge in [0, 0.05) is 44.3 Å². The summed E-state index contributed by atoms with van der Waals surface area (Å²) in [4.78, 5) is 184. The number of carbonyl (C=O) groups excluding carboxylic acids is 12. The van der Waals surface area contributed by atoms with Gasteiger partial charge in [-0.05, 0) is 239 Å². The van der Waals surface area contributed by atoms with E-state index in [0.717, 1.165) is 0 Å². The van der Waals surface area contributed by atoms with Crippen LogP contribution in [0.3, 0.4) is 0 Å². The summed E-state index contributed by atoms with van der Waals surface area (Å²) >= 11 is 0. The first kappa shape index (κ1) is 88.9. The number of benzene rings is 4. The molecule has 4 aliphatic carbocycles. The fourth-order valence-corrected chi connectivity index (χ4v) is 27.7. The van der Waals surface area contributed by atoms with E-state index >= 15 is 19.2 Å². The Morgan fingerprint density at radius 3 is 0.613 bits per heavy atom. The summed E-state index contributed by atoms with van der Waals surface area (Å²) in [6.07, 6.45) is 18.1. The normalized spacial score (nSPS) is 30.7. The Morgan fingerprint density at radius 2 is 0.444 bits per heavy atom. The molecule has 0 spiro atoms. The number of pyridine rings is 1. The highest BCUT2D eigenvalue weighted by atomic mass is 16.2. The molecule has 15 rings (SSSR count). The fourth-order valence-electron chi connectivity index (χ4n) is 27.7. The molecule has 8 atom stereocenters. The van der Waals surface area contributed by atoms with E-state index in [4.69, 9.17) is 4.98 Å². The summed E-state index contributed by atoms with van der Waals surface area (Å²) in [5.41, 5.74) is -6.97. The van der Waals surface area contributed by atoms with Crippen LogP contribution in [-0.2, 0) is 57.5 Å². The second kappa shape index (κ2) is 33.4. The van der Waals surface area contributed by atoms with Crippen LogP contribution in [0, 0.1) is 65.0 Å². The van der Waals surface area contributed by atoms with Crippen molar-refractivity contribution >= 4 is 137 Å². The minimum absolute atomic E-state index is 0.258. The Morgan fingerprint density at radius 1 is 0.266 bits per heavy atom. The molecule has 7 heterocycles. The molecule has 8 N–H and O–H groups in total. The second-order valence-corrected chi connectivity index (χ2v) is 40.4. The Bertz CT molecular complexity index is 4760. The first-order valence-electron chi connectivity index (χ1n) is 47.1. The largest absolute Gasteiger partial charge is 0.326 e. The Kier molecular flexibility index (Phi) is 24.0. The van der Waals surface area contributed by atoms with E-state index in [1.165, 1.54) is 0 Å². The summed E-state index contributed by atoms with van der Waals surface area (Å²) in [7, 11) is 0. The summed E-state index contributed by atoms with van der Waals surface area (Å²) in [5.74, 6) is -2.50. The third-order valence-corrected chi connectivity index (χ3v) is 31.3. The number of hydrogen-bond acceptors (Lipinski definition) is 13. The monoisotopic (exact) mass is 1690 g/mol. The van der Waals surface area contributed by atoms with Gasteiger partial charge in [-0.15, -0.1) is 0 Å². The van der Waals surface area contributed by atoms with Gasteiger partial charge in [0.25, 0.3) is 0 Å². The molecule has 4 saturated heterocycles. The molecule has 4 aromatic carbocycles. The fraction of sp³-hybridized carbons (Fsp3) is 0.594. The molecule has 0 radical (unpaired) electrons. The number of nitrogens with one attached hydrogen (secondary N) is 8. The Labute approximate surface area is 729 Å². The van der Waals surface area contributed by atoms with Crippen molar-refractivity contribution in [3.05, 3.63) is 91.0 Å². The molecule has 23 heteroatoms. The predicted molar refractivity (Wildman–Crippen MR) is 484 cm³/mol. The van der Waals surface area contributed by atoms with E-state index in [1.54, 1.807) is 0 Å². The number of fused-ring (bicyclic) bond motifs is 14. The molecule has 12 amide bonds. The highest BCUT2D eigenvalue weighted by Crippen LogP contribution is 2.67. The Hall–Kier alpha value is -9.93. The molecule has 4 saturated carbocycles. The quantitative estimate of drug-likeness (QED) is 0.0174. The van der Waals surface area contributed by atoms with Gasteiger partial charge >= 0.3 is 0 Å². The van der Waals surface area contributed by atoms with Crippen molar-refractivity contribution < 1.29 is 57.5 Å². The van der Waals surface area contributed by atoms with Gasteiger partial charge in [-0.1, -0.05) is 166 Å². The molecular formula is C101H131N11O12. The zero-order valence-corrected chi connectivity index (χ0v) is 75.4. The maximum Gasteiger partial charge on any atom is 0.232 e. The Balaban J connectivity index is 0.875. The van der Waals surface area contributed by atoms with Crippen molar-refractivity contribution in [1.82, 2.24) is 35.4 Å². The van der Waals surface area contributed by atoms with Crippen LogP contribution in [0.5, 0.6) is 0 Å². The van der Waals surface area contributed by atoms with Crippen molar-refractivity contribution in [3.8, 4) is 11.6 Å². The molecule has 8 bridgehead atoms. The van der Waals surface area contributed by atoms with Crippen molar-refractivity contribution in [2.24, 2.45) is 65.0 Å². The van der Waals surface area contributed by atoms with Gasteiger partial charge in [0.2, 0.25) is 70.9 Å². The van der Waals surface area contributed by atoms with Gasteiger partial charge < -0.3 is 21.3 Å². The van der Waals surface area contributed by atoms with Crippen molar-refractivity contribution in [1.29, 1.82) is 0 Å². The van der Waals surface area contributed by atoms with Crippen LogP contribution in [0.2, 0.25) is 0 Å². The maximum absolute atomic E-state index is 15.8.